The molecule has 4 heteroatoms. The van der Waals surface area contributed by atoms with Crippen molar-refractivity contribution in [2.45, 2.75) is 44.6 Å². The van der Waals surface area contributed by atoms with Crippen LogP contribution >= 0.6 is 0 Å². The van der Waals surface area contributed by atoms with Crippen LogP contribution in [0.1, 0.15) is 39.0 Å². The number of esters is 2. The van der Waals surface area contributed by atoms with Crippen molar-refractivity contribution in [3.63, 3.8) is 0 Å². The fourth-order valence-corrected chi connectivity index (χ4v) is 2.60. The summed E-state index contributed by atoms with van der Waals surface area (Å²) >= 11 is 0. The lowest BCUT2D eigenvalue weighted by Gasteiger charge is -2.24. The minimum Gasteiger partial charge on any atom is -0.465 e. The molecular weight excluding hydrogens is 244 g/mol. The highest BCUT2D eigenvalue weighted by Crippen LogP contribution is 2.45. The van der Waals surface area contributed by atoms with Gasteiger partial charge in [0.05, 0.1) is 13.0 Å². The Morgan fingerprint density at radius 3 is 2.79 bits per heavy atom. The first kappa shape index (κ1) is 13.8. The summed E-state index contributed by atoms with van der Waals surface area (Å²) < 4.78 is 10.4. The molecule has 0 aromatic rings. The van der Waals surface area contributed by atoms with Gasteiger partial charge in [-0.1, -0.05) is 19.6 Å². The summed E-state index contributed by atoms with van der Waals surface area (Å²) in [5.41, 5.74) is -0.280. The number of fused-ring (bicyclic) bond motifs is 2. The quantitative estimate of drug-likeness (QED) is 0.420. The number of rotatable bonds is 6. The molecule has 0 amide bonds. The molecular formula is C15H20O4. The monoisotopic (exact) mass is 264 g/mol. The highest BCUT2D eigenvalue weighted by Gasteiger charge is 2.44. The molecule has 2 bridgehead atoms. The van der Waals surface area contributed by atoms with E-state index in [0.717, 1.165) is 25.7 Å². The van der Waals surface area contributed by atoms with Crippen molar-refractivity contribution in [3.8, 4) is 0 Å². The number of carbonyl (C=O) groups excluding carboxylic acids is 2. The van der Waals surface area contributed by atoms with Gasteiger partial charge < -0.3 is 9.47 Å². The molecule has 0 radical (unpaired) electrons. The van der Waals surface area contributed by atoms with Crippen LogP contribution in [-0.4, -0.2) is 24.1 Å². The summed E-state index contributed by atoms with van der Waals surface area (Å²) in [5, 5.41) is 0. The third kappa shape index (κ3) is 3.25. The molecule has 0 aromatic heterocycles. The number of hydrogen-bond acceptors (Lipinski definition) is 4. The predicted octanol–water partition coefficient (Wildman–Crippen LogP) is 2.54. The molecule has 1 saturated carbocycles. The van der Waals surface area contributed by atoms with E-state index in [1.54, 1.807) is 0 Å². The van der Waals surface area contributed by atoms with Crippen LogP contribution in [0.3, 0.4) is 0 Å². The third-order valence-corrected chi connectivity index (χ3v) is 3.63. The van der Waals surface area contributed by atoms with Crippen molar-refractivity contribution in [2.75, 3.05) is 6.61 Å². The SMILES string of the molecule is C=C(CC(=O)OCCC)C(=O)OC12C=CC(CC1)C2. The third-order valence-electron chi connectivity index (χ3n) is 3.63. The van der Waals surface area contributed by atoms with Crippen LogP contribution in [0, 0.1) is 5.92 Å². The zero-order valence-corrected chi connectivity index (χ0v) is 11.3. The lowest BCUT2D eigenvalue weighted by atomic mass is 10.0. The van der Waals surface area contributed by atoms with E-state index in [2.05, 4.69) is 12.7 Å². The van der Waals surface area contributed by atoms with Crippen molar-refractivity contribution in [1.82, 2.24) is 0 Å². The van der Waals surface area contributed by atoms with E-state index in [0.29, 0.717) is 12.5 Å². The Morgan fingerprint density at radius 1 is 1.47 bits per heavy atom. The predicted molar refractivity (Wildman–Crippen MR) is 70.3 cm³/mol. The lowest BCUT2D eigenvalue weighted by molar-refractivity contribution is -0.152. The second kappa shape index (κ2) is 5.59. The molecule has 4 nitrogen and oxygen atoms in total. The van der Waals surface area contributed by atoms with Crippen molar-refractivity contribution < 1.29 is 19.1 Å². The standard InChI is InChI=1S/C15H20O4/c1-3-8-18-13(16)9-11(2)14(17)19-15-6-4-12(10-15)5-7-15/h4,6,12H,2-3,5,7-10H2,1H3. The molecule has 2 rings (SSSR count). The number of carbonyl (C=O) groups is 2. The van der Waals surface area contributed by atoms with E-state index in [-0.39, 0.29) is 12.0 Å². The molecule has 0 aliphatic heterocycles. The molecule has 0 saturated heterocycles. The van der Waals surface area contributed by atoms with Crippen molar-refractivity contribution in [3.05, 3.63) is 24.3 Å². The Labute approximate surface area is 113 Å². The van der Waals surface area contributed by atoms with Crippen molar-refractivity contribution in [1.29, 1.82) is 0 Å². The molecule has 2 aliphatic rings. The van der Waals surface area contributed by atoms with Gasteiger partial charge in [-0.15, -0.1) is 0 Å². The van der Waals surface area contributed by atoms with Crippen molar-refractivity contribution >= 4 is 11.9 Å². The zero-order valence-electron chi connectivity index (χ0n) is 11.3. The molecule has 0 aromatic carbocycles. The Balaban J connectivity index is 1.81. The summed E-state index contributed by atoms with van der Waals surface area (Å²) in [4.78, 5) is 23.3. The highest BCUT2D eigenvalue weighted by molar-refractivity contribution is 5.93. The topological polar surface area (TPSA) is 52.6 Å². The van der Waals surface area contributed by atoms with Gasteiger partial charge in [0.25, 0.3) is 0 Å². The Hall–Kier alpha value is -1.58. The summed E-state index contributed by atoms with van der Waals surface area (Å²) in [6.45, 7) is 5.91. The summed E-state index contributed by atoms with van der Waals surface area (Å²) in [7, 11) is 0. The Bertz CT molecular complexity index is 424. The summed E-state index contributed by atoms with van der Waals surface area (Å²) in [6, 6.07) is 0. The van der Waals surface area contributed by atoms with Gasteiger partial charge in [-0.05, 0) is 37.7 Å². The largest absolute Gasteiger partial charge is 0.465 e. The van der Waals surface area contributed by atoms with Gasteiger partial charge >= 0.3 is 11.9 Å². The average molecular weight is 264 g/mol. The molecule has 104 valence electrons. The Morgan fingerprint density at radius 2 is 2.26 bits per heavy atom. The van der Waals surface area contributed by atoms with Gasteiger partial charge in [0.15, 0.2) is 0 Å². The fourth-order valence-electron chi connectivity index (χ4n) is 2.60. The Kier molecular flexibility index (Phi) is 4.08. The van der Waals surface area contributed by atoms with Crippen LogP contribution in [0.2, 0.25) is 0 Å². The smallest absolute Gasteiger partial charge is 0.334 e. The van der Waals surface area contributed by atoms with Gasteiger partial charge in [-0.2, -0.15) is 0 Å². The van der Waals surface area contributed by atoms with Crippen molar-refractivity contribution in [2.24, 2.45) is 5.92 Å². The molecule has 0 heterocycles. The molecule has 19 heavy (non-hydrogen) atoms. The highest BCUT2D eigenvalue weighted by atomic mass is 16.6. The summed E-state index contributed by atoms with van der Waals surface area (Å²) in [6.07, 6.45) is 7.55. The maximum absolute atomic E-state index is 11.9. The minimum atomic E-state index is -0.486. The van der Waals surface area contributed by atoms with E-state index >= 15 is 0 Å². The van der Waals surface area contributed by atoms with E-state index in [9.17, 15) is 9.59 Å². The van der Waals surface area contributed by atoms with Gasteiger partial charge in [-0.25, -0.2) is 4.79 Å². The van der Waals surface area contributed by atoms with Gasteiger partial charge in [0, 0.05) is 5.57 Å². The zero-order chi connectivity index (χ0) is 13.9. The second-order valence-corrected chi connectivity index (χ2v) is 5.32. The van der Waals surface area contributed by atoms with Crippen LogP contribution in [-0.2, 0) is 19.1 Å². The van der Waals surface area contributed by atoms with Gasteiger partial charge in [-0.3, -0.25) is 4.79 Å². The summed E-state index contributed by atoms with van der Waals surface area (Å²) in [5.74, 6) is -0.371. The first-order chi connectivity index (χ1) is 9.04. The second-order valence-electron chi connectivity index (χ2n) is 5.32. The maximum Gasteiger partial charge on any atom is 0.334 e. The molecule has 0 N–H and O–H groups in total. The normalized spacial score (nSPS) is 27.3. The first-order valence-corrected chi connectivity index (χ1v) is 6.81. The van der Waals surface area contributed by atoms with E-state index in [4.69, 9.17) is 9.47 Å². The van der Waals surface area contributed by atoms with Crippen LogP contribution < -0.4 is 0 Å². The van der Waals surface area contributed by atoms with Gasteiger partial charge in [0.1, 0.15) is 5.60 Å². The minimum absolute atomic E-state index is 0.0952. The number of allylic oxidation sites excluding steroid dienone is 1. The molecule has 0 spiro atoms. The molecule has 2 unspecified atom stereocenters. The molecule has 2 atom stereocenters. The first-order valence-electron chi connectivity index (χ1n) is 6.81. The van der Waals surface area contributed by atoms with E-state index < -0.39 is 17.5 Å². The molecule has 2 aliphatic carbocycles. The van der Waals surface area contributed by atoms with Crippen LogP contribution in [0.15, 0.2) is 24.3 Å². The van der Waals surface area contributed by atoms with Crippen LogP contribution in [0.4, 0.5) is 0 Å². The van der Waals surface area contributed by atoms with E-state index in [1.807, 2.05) is 13.0 Å². The van der Waals surface area contributed by atoms with E-state index in [1.165, 1.54) is 0 Å². The number of ether oxygens (including phenoxy) is 2. The average Bonchev–Trinajstić information content (AvgIpc) is 2.96. The lowest BCUT2D eigenvalue weighted by Crippen LogP contribution is -2.29. The maximum atomic E-state index is 11.9. The van der Waals surface area contributed by atoms with Gasteiger partial charge in [0.2, 0.25) is 0 Å². The number of hydrogen-bond donors (Lipinski definition) is 0. The fraction of sp³-hybridized carbons (Fsp3) is 0.600. The molecule has 1 fully saturated rings. The van der Waals surface area contributed by atoms with Crippen LogP contribution in [0.5, 0.6) is 0 Å². The van der Waals surface area contributed by atoms with Crippen LogP contribution in [0.25, 0.3) is 0 Å².